The average molecular weight is 416 g/mol. The second-order valence-corrected chi connectivity index (χ2v) is 7.02. The van der Waals surface area contributed by atoms with E-state index in [1.807, 2.05) is 19.1 Å². The molecule has 1 atom stereocenters. The average Bonchev–Trinajstić information content (AvgIpc) is 3.30. The maximum absolute atomic E-state index is 12.7. The highest BCUT2D eigenvalue weighted by molar-refractivity contribution is 7.14. The first-order valence-corrected chi connectivity index (χ1v) is 9.77. The van der Waals surface area contributed by atoms with Crippen LogP contribution in [0.3, 0.4) is 0 Å². The first kappa shape index (κ1) is 20.6. The highest BCUT2D eigenvalue weighted by atomic mass is 32.1. The summed E-state index contributed by atoms with van der Waals surface area (Å²) >= 11 is 1.15. The molecule has 9 heteroatoms. The Hall–Kier alpha value is -3.17. The van der Waals surface area contributed by atoms with Crippen LogP contribution < -0.4 is 11.1 Å². The molecule has 2 heterocycles. The van der Waals surface area contributed by atoms with Crippen molar-refractivity contribution in [2.45, 2.75) is 26.6 Å². The Morgan fingerprint density at radius 3 is 2.72 bits per heavy atom. The first-order chi connectivity index (χ1) is 13.9. The molecular weight excluding hydrogens is 396 g/mol. The summed E-state index contributed by atoms with van der Waals surface area (Å²) in [5.74, 6) is -2.03. The Morgan fingerprint density at radius 2 is 2.00 bits per heavy atom. The van der Waals surface area contributed by atoms with Gasteiger partial charge in [-0.25, -0.2) is 4.79 Å². The molecule has 3 aromatic rings. The maximum atomic E-state index is 12.7. The molecule has 0 saturated carbocycles. The largest absolute Gasteiger partial charge is 0.449 e. The van der Waals surface area contributed by atoms with Gasteiger partial charge in [0.05, 0.1) is 12.2 Å². The van der Waals surface area contributed by atoms with Crippen molar-refractivity contribution in [3.8, 4) is 0 Å². The van der Waals surface area contributed by atoms with Gasteiger partial charge in [0, 0.05) is 17.6 Å². The topological polar surface area (TPSA) is 121 Å². The van der Waals surface area contributed by atoms with Gasteiger partial charge in [0.25, 0.3) is 11.8 Å². The van der Waals surface area contributed by atoms with Crippen molar-refractivity contribution < 1.29 is 28.3 Å². The summed E-state index contributed by atoms with van der Waals surface area (Å²) in [6.07, 6.45) is -1.13. The standard InChI is InChI=1S/C20H20N2O6S/c1-3-26-10-14-12-6-4-5-7-15(12)28-16(14)20(25)27-11(2)18(24)22-19-13(17(21)23)8-9-29-19/h4-9,11H,3,10H2,1-2H3,(H2,21,23)(H,22,24)/t11-/m1/s1. The van der Waals surface area contributed by atoms with Crippen LogP contribution in [0, 0.1) is 0 Å². The molecule has 29 heavy (non-hydrogen) atoms. The van der Waals surface area contributed by atoms with Crippen LogP contribution in [0.25, 0.3) is 11.0 Å². The molecule has 152 valence electrons. The summed E-state index contributed by atoms with van der Waals surface area (Å²) < 4.78 is 16.4. The van der Waals surface area contributed by atoms with Gasteiger partial charge in [-0.2, -0.15) is 0 Å². The lowest BCUT2D eigenvalue weighted by Crippen LogP contribution is -2.30. The van der Waals surface area contributed by atoms with E-state index in [1.165, 1.54) is 13.0 Å². The van der Waals surface area contributed by atoms with E-state index in [9.17, 15) is 14.4 Å². The molecule has 0 bridgehead atoms. The van der Waals surface area contributed by atoms with Gasteiger partial charge in [-0.15, -0.1) is 11.3 Å². The van der Waals surface area contributed by atoms with Crippen LogP contribution in [-0.4, -0.2) is 30.5 Å². The number of rotatable bonds is 8. The Bertz CT molecular complexity index is 1050. The minimum absolute atomic E-state index is 0.00625. The molecule has 0 fully saturated rings. The highest BCUT2D eigenvalue weighted by Gasteiger charge is 2.26. The number of esters is 1. The van der Waals surface area contributed by atoms with Gasteiger partial charge in [0.2, 0.25) is 5.76 Å². The lowest BCUT2D eigenvalue weighted by Gasteiger charge is -2.13. The predicted molar refractivity (Wildman–Crippen MR) is 108 cm³/mol. The SMILES string of the molecule is CCOCc1c(C(=O)O[C@H](C)C(=O)Nc2sccc2C(N)=O)oc2ccccc12. The molecule has 0 spiro atoms. The molecule has 8 nitrogen and oxygen atoms in total. The summed E-state index contributed by atoms with van der Waals surface area (Å²) in [6.45, 7) is 3.92. The fourth-order valence-electron chi connectivity index (χ4n) is 2.69. The number of nitrogens with two attached hydrogens (primary N) is 1. The number of anilines is 1. The number of furan rings is 1. The molecule has 1 aromatic carbocycles. The third kappa shape index (κ3) is 4.47. The van der Waals surface area contributed by atoms with Gasteiger partial charge in [-0.3, -0.25) is 9.59 Å². The highest BCUT2D eigenvalue weighted by Crippen LogP contribution is 2.28. The van der Waals surface area contributed by atoms with Crippen LogP contribution in [-0.2, 0) is 20.9 Å². The number of primary amides is 1. The molecule has 2 amide bonds. The van der Waals surface area contributed by atoms with Gasteiger partial charge in [0.15, 0.2) is 6.10 Å². The van der Waals surface area contributed by atoms with E-state index >= 15 is 0 Å². The molecule has 3 rings (SSSR count). The molecule has 0 radical (unpaired) electrons. The predicted octanol–water partition coefficient (Wildman–Crippen LogP) is 3.31. The number of amides is 2. The Kier molecular flexibility index (Phi) is 6.30. The minimum Gasteiger partial charge on any atom is -0.449 e. The van der Waals surface area contributed by atoms with Crippen LogP contribution in [0.2, 0.25) is 0 Å². The zero-order chi connectivity index (χ0) is 21.0. The molecular formula is C20H20N2O6S. The van der Waals surface area contributed by atoms with Crippen molar-refractivity contribution in [3.05, 3.63) is 52.6 Å². The number of fused-ring (bicyclic) bond motifs is 1. The first-order valence-electron chi connectivity index (χ1n) is 8.89. The molecule has 0 unspecified atom stereocenters. The van der Waals surface area contributed by atoms with E-state index < -0.39 is 23.9 Å². The number of hydrogen-bond acceptors (Lipinski definition) is 7. The number of carbonyl (C=O) groups excluding carboxylic acids is 3. The van der Waals surface area contributed by atoms with E-state index in [2.05, 4.69) is 5.32 Å². The van der Waals surface area contributed by atoms with Crippen molar-refractivity contribution in [1.29, 1.82) is 0 Å². The zero-order valence-corrected chi connectivity index (χ0v) is 16.7. The number of hydrogen-bond donors (Lipinski definition) is 2. The van der Waals surface area contributed by atoms with E-state index in [0.29, 0.717) is 22.8 Å². The van der Waals surface area contributed by atoms with E-state index in [1.54, 1.807) is 17.5 Å². The molecule has 2 aromatic heterocycles. The molecule has 0 aliphatic heterocycles. The number of nitrogens with one attached hydrogen (secondary N) is 1. The van der Waals surface area contributed by atoms with E-state index in [-0.39, 0.29) is 17.9 Å². The van der Waals surface area contributed by atoms with Crippen molar-refractivity contribution in [1.82, 2.24) is 0 Å². The number of para-hydroxylation sites is 1. The molecule has 0 saturated heterocycles. The smallest absolute Gasteiger partial charge is 0.375 e. The lowest BCUT2D eigenvalue weighted by molar-refractivity contribution is -0.123. The van der Waals surface area contributed by atoms with Crippen molar-refractivity contribution in [2.24, 2.45) is 5.73 Å². The third-order valence-electron chi connectivity index (χ3n) is 4.15. The normalized spacial score (nSPS) is 11.9. The summed E-state index contributed by atoms with van der Waals surface area (Å²) in [4.78, 5) is 36.4. The minimum atomic E-state index is -1.13. The van der Waals surface area contributed by atoms with E-state index in [4.69, 9.17) is 19.6 Å². The summed E-state index contributed by atoms with van der Waals surface area (Å²) in [6, 6.07) is 8.68. The number of thiophene rings is 1. The van der Waals surface area contributed by atoms with Crippen LogP contribution in [0.15, 0.2) is 40.1 Å². The zero-order valence-electron chi connectivity index (χ0n) is 15.9. The Balaban J connectivity index is 1.76. The summed E-state index contributed by atoms with van der Waals surface area (Å²) in [7, 11) is 0. The van der Waals surface area contributed by atoms with Gasteiger partial charge in [-0.1, -0.05) is 18.2 Å². The molecule has 0 aliphatic rings. The fraction of sp³-hybridized carbons (Fsp3) is 0.250. The van der Waals surface area contributed by atoms with Gasteiger partial charge in [0.1, 0.15) is 10.6 Å². The van der Waals surface area contributed by atoms with Crippen molar-refractivity contribution in [2.75, 3.05) is 11.9 Å². The summed E-state index contributed by atoms with van der Waals surface area (Å²) in [5.41, 5.74) is 6.55. The third-order valence-corrected chi connectivity index (χ3v) is 4.98. The van der Waals surface area contributed by atoms with Crippen molar-refractivity contribution in [3.63, 3.8) is 0 Å². The van der Waals surface area contributed by atoms with Crippen LogP contribution in [0.4, 0.5) is 5.00 Å². The van der Waals surface area contributed by atoms with Gasteiger partial charge < -0.3 is 24.9 Å². The monoisotopic (exact) mass is 416 g/mol. The molecule has 3 N–H and O–H groups in total. The maximum Gasteiger partial charge on any atom is 0.375 e. The van der Waals surface area contributed by atoms with Gasteiger partial charge >= 0.3 is 5.97 Å². The second kappa shape index (κ2) is 8.89. The Morgan fingerprint density at radius 1 is 1.24 bits per heavy atom. The summed E-state index contributed by atoms with van der Waals surface area (Å²) in [5, 5.41) is 5.22. The number of benzene rings is 1. The van der Waals surface area contributed by atoms with Crippen LogP contribution in [0.1, 0.15) is 40.3 Å². The van der Waals surface area contributed by atoms with Crippen molar-refractivity contribution >= 4 is 45.1 Å². The van der Waals surface area contributed by atoms with E-state index in [0.717, 1.165) is 16.7 Å². The second-order valence-electron chi connectivity index (χ2n) is 6.11. The fourth-order valence-corrected chi connectivity index (χ4v) is 3.49. The lowest BCUT2D eigenvalue weighted by atomic mass is 10.1. The number of ether oxygens (including phenoxy) is 2. The van der Waals surface area contributed by atoms with Crippen LogP contribution in [0.5, 0.6) is 0 Å². The molecule has 0 aliphatic carbocycles. The quantitative estimate of drug-likeness (QED) is 0.544. The van der Waals surface area contributed by atoms with Crippen LogP contribution >= 0.6 is 11.3 Å². The Labute approximate surface area is 170 Å². The number of carbonyl (C=O) groups is 3. The van der Waals surface area contributed by atoms with Gasteiger partial charge in [-0.05, 0) is 31.4 Å².